The number of carbonyl (C=O) groups excluding carboxylic acids is 4. The van der Waals surface area contributed by atoms with Crippen molar-refractivity contribution in [1.82, 2.24) is 9.88 Å². The summed E-state index contributed by atoms with van der Waals surface area (Å²) in [5, 5.41) is 6.23. The highest BCUT2D eigenvalue weighted by Crippen LogP contribution is 2.39. The molecule has 0 spiro atoms. The minimum atomic E-state index is -1.17. The number of fused-ring (bicyclic) bond motifs is 1. The normalized spacial score (nSPS) is 15.2. The molecule has 1 aliphatic heterocycles. The second kappa shape index (κ2) is 12.5. The van der Waals surface area contributed by atoms with E-state index in [9.17, 15) is 19.2 Å². The molecular formula is C34H32ClN5O4S. The Morgan fingerprint density at radius 2 is 1.67 bits per heavy atom. The zero-order valence-corrected chi connectivity index (χ0v) is 26.5. The first-order valence-corrected chi connectivity index (χ1v) is 16.0. The number of Topliss-reactive ketones (excluding diaryl/α,β-unsaturated/α-hetero) is 1. The summed E-state index contributed by atoms with van der Waals surface area (Å²) in [6.45, 7) is -0.300. The van der Waals surface area contributed by atoms with Crippen LogP contribution in [0.25, 0.3) is 11.3 Å². The fraction of sp³-hybridized carbons (Fsp3) is 0.265. The summed E-state index contributed by atoms with van der Waals surface area (Å²) in [6.07, 6.45) is 2.43. The number of benzene rings is 3. The maximum absolute atomic E-state index is 14.3. The summed E-state index contributed by atoms with van der Waals surface area (Å²) >= 11 is 7.47. The Kier molecular flexibility index (Phi) is 8.44. The van der Waals surface area contributed by atoms with E-state index in [0.717, 1.165) is 29.8 Å². The lowest BCUT2D eigenvalue weighted by Crippen LogP contribution is -2.59. The molecule has 3 amide bonds. The Morgan fingerprint density at radius 1 is 0.978 bits per heavy atom. The maximum atomic E-state index is 14.3. The van der Waals surface area contributed by atoms with E-state index in [1.807, 2.05) is 60.8 Å². The van der Waals surface area contributed by atoms with E-state index in [-0.39, 0.29) is 24.6 Å². The summed E-state index contributed by atoms with van der Waals surface area (Å²) in [4.78, 5) is 63.9. The zero-order valence-electron chi connectivity index (χ0n) is 25.0. The van der Waals surface area contributed by atoms with Crippen LogP contribution in [0.2, 0.25) is 5.02 Å². The molecule has 3 aromatic carbocycles. The number of rotatable bonds is 9. The lowest BCUT2D eigenvalue weighted by Gasteiger charge is -2.40. The highest BCUT2D eigenvalue weighted by Gasteiger charge is 2.49. The number of ketones is 1. The van der Waals surface area contributed by atoms with Crippen LogP contribution < -0.4 is 15.1 Å². The summed E-state index contributed by atoms with van der Waals surface area (Å²) in [7, 11) is 3.89. The van der Waals surface area contributed by atoms with E-state index in [4.69, 9.17) is 16.6 Å². The Morgan fingerprint density at radius 3 is 2.36 bits per heavy atom. The Balaban J connectivity index is 1.34. The lowest BCUT2D eigenvalue weighted by molar-refractivity contribution is -0.145. The summed E-state index contributed by atoms with van der Waals surface area (Å²) in [6, 6.07) is 21.5. The predicted octanol–water partition coefficient (Wildman–Crippen LogP) is 6.04. The molecule has 45 heavy (non-hydrogen) atoms. The second-order valence-corrected chi connectivity index (χ2v) is 12.9. The van der Waals surface area contributed by atoms with E-state index in [1.165, 1.54) is 16.2 Å². The average Bonchev–Trinajstić information content (AvgIpc) is 3.78. The monoisotopic (exact) mass is 641 g/mol. The van der Waals surface area contributed by atoms with Gasteiger partial charge in [0.25, 0.3) is 11.7 Å². The number of thiazole rings is 1. The van der Waals surface area contributed by atoms with Gasteiger partial charge in [-0.1, -0.05) is 48.7 Å². The fourth-order valence-corrected chi connectivity index (χ4v) is 6.96. The first-order chi connectivity index (χ1) is 21.7. The summed E-state index contributed by atoms with van der Waals surface area (Å²) in [5.41, 5.74) is 2.72. The molecule has 4 aromatic rings. The number of hydrogen-bond acceptors (Lipinski definition) is 7. The van der Waals surface area contributed by atoms with Crippen molar-refractivity contribution in [1.29, 1.82) is 0 Å². The van der Waals surface area contributed by atoms with Crippen LogP contribution >= 0.6 is 22.9 Å². The zero-order chi connectivity index (χ0) is 31.7. The summed E-state index contributed by atoms with van der Waals surface area (Å²) in [5.74, 6) is -2.12. The van der Waals surface area contributed by atoms with Crippen molar-refractivity contribution in [2.75, 3.05) is 35.8 Å². The molecule has 1 aromatic heterocycles. The highest BCUT2D eigenvalue weighted by molar-refractivity contribution is 7.09. The van der Waals surface area contributed by atoms with Gasteiger partial charge in [-0.25, -0.2) is 4.98 Å². The average molecular weight is 642 g/mol. The van der Waals surface area contributed by atoms with Gasteiger partial charge in [0.2, 0.25) is 11.8 Å². The van der Waals surface area contributed by atoms with Crippen LogP contribution in [0.1, 0.15) is 41.0 Å². The minimum absolute atomic E-state index is 0.0711. The topological polar surface area (TPSA) is 103 Å². The molecule has 1 N–H and O–H groups in total. The Hall–Kier alpha value is -4.54. The van der Waals surface area contributed by atoms with Crippen molar-refractivity contribution in [2.45, 2.75) is 37.8 Å². The molecule has 230 valence electrons. The number of nitrogens with one attached hydrogen (secondary N) is 1. The number of nitrogens with zero attached hydrogens (tertiary/aromatic N) is 4. The van der Waals surface area contributed by atoms with E-state index in [0.29, 0.717) is 34.2 Å². The van der Waals surface area contributed by atoms with Crippen molar-refractivity contribution in [3.8, 4) is 11.3 Å². The maximum Gasteiger partial charge on any atom is 0.299 e. The Bertz CT molecular complexity index is 1760. The Labute approximate surface area is 270 Å². The summed E-state index contributed by atoms with van der Waals surface area (Å²) < 4.78 is 0. The van der Waals surface area contributed by atoms with Crippen LogP contribution in [-0.4, -0.2) is 59.6 Å². The van der Waals surface area contributed by atoms with E-state index < -0.39 is 23.1 Å². The molecular weight excluding hydrogens is 610 g/mol. The quantitative estimate of drug-likeness (QED) is 0.224. The first kappa shape index (κ1) is 30.5. The molecule has 11 heteroatoms. The molecule has 1 fully saturated rings. The molecule has 6 rings (SSSR count). The number of aromatic nitrogens is 1. The fourth-order valence-electron chi connectivity index (χ4n) is 6.05. The third-order valence-corrected chi connectivity index (χ3v) is 9.56. The molecule has 0 bridgehead atoms. The van der Waals surface area contributed by atoms with Crippen LogP contribution in [0.4, 0.5) is 17.1 Å². The molecule has 1 saturated carbocycles. The number of para-hydroxylation sites is 1. The van der Waals surface area contributed by atoms with Crippen molar-refractivity contribution < 1.29 is 19.2 Å². The van der Waals surface area contributed by atoms with Gasteiger partial charge in [0.15, 0.2) is 0 Å². The van der Waals surface area contributed by atoms with Crippen LogP contribution in [0, 0.1) is 0 Å². The number of hydrogen-bond donors (Lipinski definition) is 1. The molecule has 2 aliphatic rings. The number of anilines is 3. The molecule has 1 aliphatic carbocycles. The molecule has 2 heterocycles. The molecule has 0 saturated heterocycles. The van der Waals surface area contributed by atoms with Crippen LogP contribution in [0.3, 0.4) is 0 Å². The largest absolute Gasteiger partial charge is 0.378 e. The van der Waals surface area contributed by atoms with Crippen molar-refractivity contribution in [3.05, 3.63) is 93.8 Å². The highest BCUT2D eigenvalue weighted by atomic mass is 35.5. The third-order valence-electron chi connectivity index (χ3n) is 8.47. The predicted molar refractivity (Wildman–Crippen MR) is 177 cm³/mol. The van der Waals surface area contributed by atoms with Crippen molar-refractivity contribution >= 4 is 63.5 Å². The van der Waals surface area contributed by atoms with Gasteiger partial charge < -0.3 is 15.1 Å². The molecule has 0 atom stereocenters. The van der Waals surface area contributed by atoms with Crippen molar-refractivity contribution in [3.63, 3.8) is 0 Å². The standard InChI is InChI=1S/C34H32ClN5O4S/c1-38(2)25-15-13-24(14-16-25)36-33(44)34(17-5-6-18-34)40(19-29-37-27(21-45-29)22-9-11-23(35)12-10-22)30(41)20-39-28-8-4-3-7-26(28)31(42)32(39)43/h3-4,7-16,21H,5-6,17-20H2,1-2H3,(H,36,44). The van der Waals surface area contributed by atoms with Crippen molar-refractivity contribution in [2.24, 2.45) is 0 Å². The van der Waals surface area contributed by atoms with Gasteiger partial charge in [-0.15, -0.1) is 11.3 Å². The third kappa shape index (κ3) is 5.95. The van der Waals surface area contributed by atoms with Gasteiger partial charge in [0.05, 0.1) is 23.5 Å². The van der Waals surface area contributed by atoms with E-state index >= 15 is 0 Å². The van der Waals surface area contributed by atoms with Gasteiger partial charge in [-0.2, -0.15) is 0 Å². The van der Waals surface area contributed by atoms with Gasteiger partial charge in [0, 0.05) is 41.4 Å². The molecule has 9 nitrogen and oxygen atoms in total. The van der Waals surface area contributed by atoms with Crippen LogP contribution in [0.15, 0.2) is 78.2 Å². The minimum Gasteiger partial charge on any atom is -0.378 e. The van der Waals surface area contributed by atoms with E-state index in [1.54, 1.807) is 41.3 Å². The SMILES string of the molecule is CN(C)c1ccc(NC(=O)C2(N(Cc3nc(-c4ccc(Cl)cc4)cs3)C(=O)CN3C(=O)C(=O)c4ccccc43)CCCC2)cc1. The molecule has 0 radical (unpaired) electrons. The lowest BCUT2D eigenvalue weighted by atomic mass is 9.92. The number of amides is 3. The second-order valence-electron chi connectivity index (χ2n) is 11.5. The number of carbonyl (C=O) groups is 4. The van der Waals surface area contributed by atoms with Gasteiger partial charge in [0.1, 0.15) is 17.1 Å². The van der Waals surface area contributed by atoms with Gasteiger partial charge in [-0.3, -0.25) is 24.1 Å². The smallest absolute Gasteiger partial charge is 0.299 e. The first-order valence-electron chi connectivity index (χ1n) is 14.7. The molecule has 0 unspecified atom stereocenters. The van der Waals surface area contributed by atoms with Crippen LogP contribution in [-0.2, 0) is 20.9 Å². The van der Waals surface area contributed by atoms with Gasteiger partial charge >= 0.3 is 0 Å². The van der Waals surface area contributed by atoms with E-state index in [2.05, 4.69) is 5.32 Å². The van der Waals surface area contributed by atoms with Crippen LogP contribution in [0.5, 0.6) is 0 Å². The number of halogens is 1. The van der Waals surface area contributed by atoms with Gasteiger partial charge in [-0.05, 0) is 61.4 Å².